The van der Waals surface area contributed by atoms with Crippen LogP contribution in [0.2, 0.25) is 5.15 Å². The summed E-state index contributed by atoms with van der Waals surface area (Å²) in [4.78, 5) is 8.46. The number of nitrogens with two attached hydrogens (primary N) is 1. The Kier molecular flexibility index (Phi) is 4.21. The largest absolute Gasteiger partial charge is 0.393 e. The van der Waals surface area contributed by atoms with Crippen molar-refractivity contribution in [1.29, 1.82) is 0 Å². The highest BCUT2D eigenvalue weighted by molar-refractivity contribution is 6.32. The summed E-state index contributed by atoms with van der Waals surface area (Å²) in [6.45, 7) is 2.74. The van der Waals surface area contributed by atoms with Crippen LogP contribution in [0.15, 0.2) is 0 Å². The van der Waals surface area contributed by atoms with Gasteiger partial charge in [0.25, 0.3) is 0 Å². The van der Waals surface area contributed by atoms with Crippen molar-refractivity contribution in [1.82, 2.24) is 9.97 Å². The Hall–Kier alpha value is -1.11. The lowest BCUT2D eigenvalue weighted by molar-refractivity contribution is 0.105. The minimum Gasteiger partial charge on any atom is -0.393 e. The molecule has 7 heteroatoms. The van der Waals surface area contributed by atoms with Gasteiger partial charge in [0.15, 0.2) is 16.8 Å². The molecule has 0 amide bonds. The Labute approximate surface area is 111 Å². The van der Waals surface area contributed by atoms with Crippen LogP contribution in [0.25, 0.3) is 0 Å². The molecule has 2 atom stereocenters. The first-order valence-corrected chi connectivity index (χ1v) is 6.32. The molecule has 0 aromatic carbocycles. The molecule has 0 bridgehead atoms. The zero-order valence-electron chi connectivity index (χ0n) is 10.2. The molecule has 2 unspecified atom stereocenters. The Morgan fingerprint density at radius 3 is 3.00 bits per heavy atom. The van der Waals surface area contributed by atoms with Gasteiger partial charge < -0.3 is 20.9 Å². The molecule has 1 aliphatic heterocycles. The normalized spacial score (nSPS) is 20.9. The highest BCUT2D eigenvalue weighted by atomic mass is 35.5. The van der Waals surface area contributed by atoms with Gasteiger partial charge in [0.1, 0.15) is 11.8 Å². The summed E-state index contributed by atoms with van der Waals surface area (Å²) < 4.78 is 5.51. The first-order valence-electron chi connectivity index (χ1n) is 5.94. The average Bonchev–Trinajstić information content (AvgIpc) is 2.84. The summed E-state index contributed by atoms with van der Waals surface area (Å²) in [6, 6.07) is 0. The van der Waals surface area contributed by atoms with Crippen LogP contribution in [0.3, 0.4) is 0 Å². The van der Waals surface area contributed by atoms with Gasteiger partial charge in [-0.2, -0.15) is 0 Å². The molecule has 1 saturated heterocycles. The topological polar surface area (TPSA) is 93.3 Å². The van der Waals surface area contributed by atoms with Crippen molar-refractivity contribution in [2.24, 2.45) is 0 Å². The standard InChI is InChI=1S/C11H17ClN4O2/c1-6(17)5-14-11-8(13)9(12)15-10(16-11)7-3-2-4-18-7/h6-7,17H,2-5,13H2,1H3,(H,14,15,16). The highest BCUT2D eigenvalue weighted by Crippen LogP contribution is 2.31. The lowest BCUT2D eigenvalue weighted by atomic mass is 10.2. The monoisotopic (exact) mass is 272 g/mol. The fraction of sp³-hybridized carbons (Fsp3) is 0.636. The molecule has 1 aliphatic rings. The number of anilines is 2. The Bertz CT molecular complexity index is 422. The third kappa shape index (κ3) is 3.01. The number of nitrogens with one attached hydrogen (secondary N) is 1. The number of halogens is 1. The number of aliphatic hydroxyl groups excluding tert-OH is 1. The van der Waals surface area contributed by atoms with E-state index in [1.165, 1.54) is 0 Å². The van der Waals surface area contributed by atoms with Gasteiger partial charge in [-0.25, -0.2) is 9.97 Å². The van der Waals surface area contributed by atoms with Crippen molar-refractivity contribution in [3.05, 3.63) is 11.0 Å². The van der Waals surface area contributed by atoms with E-state index in [1.807, 2.05) is 0 Å². The number of hydrogen-bond acceptors (Lipinski definition) is 6. The van der Waals surface area contributed by atoms with Crippen molar-refractivity contribution in [3.8, 4) is 0 Å². The zero-order valence-corrected chi connectivity index (χ0v) is 10.9. The van der Waals surface area contributed by atoms with E-state index in [-0.39, 0.29) is 11.3 Å². The van der Waals surface area contributed by atoms with Crippen LogP contribution in [0.4, 0.5) is 11.5 Å². The van der Waals surface area contributed by atoms with Gasteiger partial charge in [0.05, 0.1) is 6.10 Å². The van der Waals surface area contributed by atoms with Gasteiger partial charge in [-0.1, -0.05) is 11.6 Å². The van der Waals surface area contributed by atoms with E-state index in [0.717, 1.165) is 12.8 Å². The highest BCUT2D eigenvalue weighted by Gasteiger charge is 2.23. The van der Waals surface area contributed by atoms with Crippen molar-refractivity contribution >= 4 is 23.1 Å². The third-order valence-electron chi connectivity index (χ3n) is 2.70. The fourth-order valence-electron chi connectivity index (χ4n) is 1.76. The van der Waals surface area contributed by atoms with Crippen LogP contribution in [0.1, 0.15) is 31.7 Å². The van der Waals surface area contributed by atoms with Crippen molar-refractivity contribution < 1.29 is 9.84 Å². The average molecular weight is 273 g/mol. The van der Waals surface area contributed by atoms with Gasteiger partial charge in [0, 0.05) is 13.2 Å². The number of aliphatic hydroxyl groups is 1. The molecule has 100 valence electrons. The molecule has 0 saturated carbocycles. The molecule has 1 aromatic rings. The molecule has 2 rings (SSSR count). The van der Waals surface area contributed by atoms with E-state index in [2.05, 4.69) is 15.3 Å². The van der Waals surface area contributed by atoms with Gasteiger partial charge in [-0.05, 0) is 19.8 Å². The second kappa shape index (κ2) is 5.69. The van der Waals surface area contributed by atoms with Crippen LogP contribution < -0.4 is 11.1 Å². The SMILES string of the molecule is CC(O)CNc1nc(C2CCCO2)nc(Cl)c1N. The number of nitrogens with zero attached hydrogens (tertiary/aromatic N) is 2. The summed E-state index contributed by atoms with van der Waals surface area (Å²) in [7, 11) is 0. The minimum absolute atomic E-state index is 0.116. The van der Waals surface area contributed by atoms with Gasteiger partial charge in [-0.15, -0.1) is 0 Å². The molecule has 6 nitrogen and oxygen atoms in total. The maximum absolute atomic E-state index is 9.25. The van der Waals surface area contributed by atoms with Crippen molar-refractivity contribution in [2.45, 2.75) is 32.0 Å². The second-order valence-corrected chi connectivity index (χ2v) is 4.72. The van der Waals surface area contributed by atoms with E-state index in [4.69, 9.17) is 22.1 Å². The molecule has 1 fully saturated rings. The van der Waals surface area contributed by atoms with Gasteiger partial charge >= 0.3 is 0 Å². The third-order valence-corrected chi connectivity index (χ3v) is 2.99. The Morgan fingerprint density at radius 1 is 1.61 bits per heavy atom. The number of aromatic nitrogens is 2. The fourth-order valence-corrected chi connectivity index (χ4v) is 1.94. The van der Waals surface area contributed by atoms with Crippen LogP contribution in [-0.4, -0.2) is 34.3 Å². The van der Waals surface area contributed by atoms with E-state index in [1.54, 1.807) is 6.92 Å². The van der Waals surface area contributed by atoms with Crippen LogP contribution in [0, 0.1) is 0 Å². The summed E-state index contributed by atoms with van der Waals surface area (Å²) in [6.07, 6.45) is 1.27. The lowest BCUT2D eigenvalue weighted by Crippen LogP contribution is -2.18. The van der Waals surface area contributed by atoms with Crippen LogP contribution in [0.5, 0.6) is 0 Å². The maximum atomic E-state index is 9.25. The number of ether oxygens (including phenoxy) is 1. The summed E-state index contributed by atoms with van der Waals surface area (Å²) >= 11 is 5.98. The van der Waals surface area contributed by atoms with E-state index >= 15 is 0 Å². The van der Waals surface area contributed by atoms with Crippen LogP contribution in [-0.2, 0) is 4.74 Å². The van der Waals surface area contributed by atoms with E-state index in [9.17, 15) is 5.11 Å². The molecule has 2 heterocycles. The van der Waals surface area contributed by atoms with Crippen molar-refractivity contribution in [3.63, 3.8) is 0 Å². The molecule has 4 N–H and O–H groups in total. The summed E-state index contributed by atoms with van der Waals surface area (Å²) in [5.41, 5.74) is 6.09. The molecular formula is C11H17ClN4O2. The molecular weight excluding hydrogens is 256 g/mol. The minimum atomic E-state index is -0.496. The summed E-state index contributed by atoms with van der Waals surface area (Å²) in [5, 5.41) is 12.4. The Morgan fingerprint density at radius 2 is 2.39 bits per heavy atom. The molecule has 18 heavy (non-hydrogen) atoms. The number of hydrogen-bond donors (Lipinski definition) is 3. The van der Waals surface area contributed by atoms with E-state index in [0.29, 0.717) is 30.5 Å². The molecule has 0 spiro atoms. The number of rotatable bonds is 4. The molecule has 0 radical (unpaired) electrons. The van der Waals surface area contributed by atoms with Gasteiger partial charge in [0.2, 0.25) is 0 Å². The lowest BCUT2D eigenvalue weighted by Gasteiger charge is -2.14. The Balaban J connectivity index is 2.21. The smallest absolute Gasteiger partial charge is 0.161 e. The van der Waals surface area contributed by atoms with Crippen molar-refractivity contribution in [2.75, 3.05) is 24.2 Å². The zero-order chi connectivity index (χ0) is 13.1. The predicted molar refractivity (Wildman–Crippen MR) is 69.6 cm³/mol. The quantitative estimate of drug-likeness (QED) is 0.717. The number of nitrogen functional groups attached to an aromatic ring is 1. The second-order valence-electron chi connectivity index (χ2n) is 4.37. The first-order chi connectivity index (χ1) is 8.58. The molecule has 1 aromatic heterocycles. The first kappa shape index (κ1) is 13.3. The van der Waals surface area contributed by atoms with Crippen LogP contribution >= 0.6 is 11.6 Å². The maximum Gasteiger partial charge on any atom is 0.161 e. The predicted octanol–water partition coefficient (Wildman–Crippen LogP) is 1.36. The van der Waals surface area contributed by atoms with E-state index < -0.39 is 6.10 Å². The van der Waals surface area contributed by atoms with Gasteiger partial charge in [-0.3, -0.25) is 0 Å². The molecule has 0 aliphatic carbocycles. The summed E-state index contributed by atoms with van der Waals surface area (Å²) in [5.74, 6) is 0.987.